The van der Waals surface area contributed by atoms with Crippen LogP contribution < -0.4 is 5.73 Å². The van der Waals surface area contributed by atoms with Gasteiger partial charge in [0.15, 0.2) is 0 Å². The Morgan fingerprint density at radius 2 is 2.47 bits per heavy atom. The largest absolute Gasteiger partial charge is 0.397 e. The third-order valence-corrected chi connectivity index (χ3v) is 3.49. The van der Waals surface area contributed by atoms with Crippen molar-refractivity contribution in [3.63, 3.8) is 0 Å². The second-order valence-corrected chi connectivity index (χ2v) is 4.67. The molecule has 1 unspecified atom stereocenters. The molecule has 3 N–H and O–H groups in total. The summed E-state index contributed by atoms with van der Waals surface area (Å²) in [5, 5.41) is 11.3. The topological polar surface area (TPSA) is 66.6 Å². The number of anilines is 1. The molecule has 0 spiro atoms. The summed E-state index contributed by atoms with van der Waals surface area (Å²) in [5.41, 5.74) is 6.22. The molecule has 1 amide bonds. The SMILES string of the molecule is Nc1ccsc1C(=O)N1CCCC(O)C1. The molecule has 82 valence electrons. The smallest absolute Gasteiger partial charge is 0.266 e. The number of aliphatic hydroxyl groups excluding tert-OH is 1. The highest BCUT2D eigenvalue weighted by molar-refractivity contribution is 7.12. The molecule has 0 aliphatic carbocycles. The van der Waals surface area contributed by atoms with E-state index in [1.807, 2.05) is 5.38 Å². The van der Waals surface area contributed by atoms with Gasteiger partial charge in [0.25, 0.3) is 5.91 Å². The highest BCUT2D eigenvalue weighted by Crippen LogP contribution is 2.22. The molecule has 2 rings (SSSR count). The van der Waals surface area contributed by atoms with E-state index in [9.17, 15) is 9.90 Å². The fourth-order valence-electron chi connectivity index (χ4n) is 1.78. The molecule has 1 aromatic heterocycles. The van der Waals surface area contributed by atoms with Crippen LogP contribution in [0.15, 0.2) is 11.4 Å². The minimum atomic E-state index is -0.385. The predicted octanol–water partition coefficient (Wildman–Crippen LogP) is 0.927. The molecule has 1 aliphatic rings. The van der Waals surface area contributed by atoms with Crippen molar-refractivity contribution in [2.24, 2.45) is 0 Å². The zero-order chi connectivity index (χ0) is 10.8. The van der Waals surface area contributed by atoms with Gasteiger partial charge in [0.2, 0.25) is 0 Å². The Balaban J connectivity index is 2.11. The van der Waals surface area contributed by atoms with Crippen LogP contribution in [0.2, 0.25) is 0 Å². The maximum Gasteiger partial charge on any atom is 0.266 e. The summed E-state index contributed by atoms with van der Waals surface area (Å²) < 4.78 is 0. The van der Waals surface area contributed by atoms with E-state index in [0.717, 1.165) is 12.8 Å². The molecule has 2 heterocycles. The Labute approximate surface area is 92.3 Å². The summed E-state index contributed by atoms with van der Waals surface area (Å²) >= 11 is 1.35. The van der Waals surface area contributed by atoms with Crippen molar-refractivity contribution in [3.8, 4) is 0 Å². The molecule has 4 nitrogen and oxygen atoms in total. The van der Waals surface area contributed by atoms with Gasteiger partial charge >= 0.3 is 0 Å². The van der Waals surface area contributed by atoms with E-state index in [1.54, 1.807) is 11.0 Å². The number of carbonyl (C=O) groups excluding carboxylic acids is 1. The molecule has 1 aromatic rings. The van der Waals surface area contributed by atoms with Gasteiger partial charge in [-0.15, -0.1) is 11.3 Å². The Morgan fingerprint density at radius 3 is 3.07 bits per heavy atom. The van der Waals surface area contributed by atoms with Crippen LogP contribution in [0.5, 0.6) is 0 Å². The summed E-state index contributed by atoms with van der Waals surface area (Å²) in [7, 11) is 0. The van der Waals surface area contributed by atoms with Gasteiger partial charge in [0.05, 0.1) is 11.8 Å². The molecule has 1 saturated heterocycles. The maximum absolute atomic E-state index is 12.0. The molecule has 1 fully saturated rings. The predicted molar refractivity (Wildman–Crippen MR) is 59.9 cm³/mol. The minimum Gasteiger partial charge on any atom is -0.397 e. The Morgan fingerprint density at radius 1 is 1.67 bits per heavy atom. The van der Waals surface area contributed by atoms with Gasteiger partial charge < -0.3 is 15.7 Å². The Kier molecular flexibility index (Phi) is 2.93. The van der Waals surface area contributed by atoms with Crippen molar-refractivity contribution >= 4 is 22.9 Å². The number of piperidine rings is 1. The normalized spacial score (nSPS) is 21.7. The highest BCUT2D eigenvalue weighted by Gasteiger charge is 2.24. The highest BCUT2D eigenvalue weighted by atomic mass is 32.1. The van der Waals surface area contributed by atoms with E-state index in [4.69, 9.17) is 5.73 Å². The fraction of sp³-hybridized carbons (Fsp3) is 0.500. The number of aliphatic hydroxyl groups is 1. The van der Waals surface area contributed by atoms with Crippen LogP contribution >= 0.6 is 11.3 Å². The number of nitrogens with zero attached hydrogens (tertiary/aromatic N) is 1. The number of nitrogen functional groups attached to an aromatic ring is 1. The van der Waals surface area contributed by atoms with Crippen molar-refractivity contribution in [1.82, 2.24) is 4.90 Å². The van der Waals surface area contributed by atoms with Crippen molar-refractivity contribution in [1.29, 1.82) is 0 Å². The van der Waals surface area contributed by atoms with Crippen molar-refractivity contribution in [2.75, 3.05) is 18.8 Å². The molecule has 15 heavy (non-hydrogen) atoms. The number of hydrogen-bond donors (Lipinski definition) is 2. The number of likely N-dealkylation sites (tertiary alicyclic amines) is 1. The lowest BCUT2D eigenvalue weighted by Gasteiger charge is -2.29. The second kappa shape index (κ2) is 4.20. The molecular formula is C10H14N2O2S. The van der Waals surface area contributed by atoms with E-state index in [1.165, 1.54) is 11.3 Å². The molecule has 1 atom stereocenters. The zero-order valence-electron chi connectivity index (χ0n) is 8.35. The molecule has 0 saturated carbocycles. The fourth-order valence-corrected chi connectivity index (χ4v) is 2.56. The number of rotatable bonds is 1. The van der Waals surface area contributed by atoms with Gasteiger partial charge in [0, 0.05) is 13.1 Å². The van der Waals surface area contributed by atoms with E-state index < -0.39 is 0 Å². The van der Waals surface area contributed by atoms with Crippen LogP contribution in [-0.2, 0) is 0 Å². The number of nitrogens with two attached hydrogens (primary N) is 1. The van der Waals surface area contributed by atoms with Gasteiger partial charge in [-0.25, -0.2) is 0 Å². The van der Waals surface area contributed by atoms with Crippen molar-refractivity contribution in [2.45, 2.75) is 18.9 Å². The van der Waals surface area contributed by atoms with E-state index >= 15 is 0 Å². The first-order chi connectivity index (χ1) is 7.18. The summed E-state index contributed by atoms with van der Waals surface area (Å²) in [6.45, 7) is 1.14. The van der Waals surface area contributed by atoms with Gasteiger partial charge in [-0.3, -0.25) is 4.79 Å². The molecule has 0 aromatic carbocycles. The second-order valence-electron chi connectivity index (χ2n) is 3.75. The first-order valence-electron chi connectivity index (χ1n) is 4.99. The lowest BCUT2D eigenvalue weighted by Crippen LogP contribution is -2.42. The Hall–Kier alpha value is -1.07. The number of thiophene rings is 1. The Bertz CT molecular complexity index is 364. The minimum absolute atomic E-state index is 0.0544. The first-order valence-corrected chi connectivity index (χ1v) is 5.87. The van der Waals surface area contributed by atoms with Crippen molar-refractivity contribution in [3.05, 3.63) is 16.3 Å². The molecule has 0 bridgehead atoms. The standard InChI is InChI=1S/C10H14N2O2S/c11-8-3-5-15-9(8)10(14)12-4-1-2-7(13)6-12/h3,5,7,13H,1-2,4,6,11H2. The summed E-state index contributed by atoms with van der Waals surface area (Å²) in [6.07, 6.45) is 1.26. The van der Waals surface area contributed by atoms with E-state index in [0.29, 0.717) is 23.7 Å². The van der Waals surface area contributed by atoms with Gasteiger partial charge in [-0.05, 0) is 24.3 Å². The van der Waals surface area contributed by atoms with Crippen LogP contribution in [-0.4, -0.2) is 35.1 Å². The summed E-state index contributed by atoms with van der Waals surface area (Å²) in [4.78, 5) is 14.2. The average Bonchev–Trinajstić information content (AvgIpc) is 2.63. The number of hydrogen-bond acceptors (Lipinski definition) is 4. The van der Waals surface area contributed by atoms with Crippen molar-refractivity contribution < 1.29 is 9.90 Å². The molecule has 0 radical (unpaired) electrons. The maximum atomic E-state index is 12.0. The first kappa shape index (κ1) is 10.4. The molecule has 1 aliphatic heterocycles. The van der Waals surface area contributed by atoms with E-state index in [-0.39, 0.29) is 12.0 Å². The van der Waals surface area contributed by atoms with Crippen LogP contribution in [0.25, 0.3) is 0 Å². The number of amides is 1. The van der Waals surface area contributed by atoms with Crippen LogP contribution in [0, 0.1) is 0 Å². The van der Waals surface area contributed by atoms with Crippen LogP contribution in [0.3, 0.4) is 0 Å². The monoisotopic (exact) mass is 226 g/mol. The third kappa shape index (κ3) is 2.13. The third-order valence-electron chi connectivity index (χ3n) is 2.57. The lowest BCUT2D eigenvalue weighted by atomic mass is 10.1. The lowest BCUT2D eigenvalue weighted by molar-refractivity contribution is 0.0478. The molecular weight excluding hydrogens is 212 g/mol. The average molecular weight is 226 g/mol. The molecule has 5 heteroatoms. The van der Waals surface area contributed by atoms with Gasteiger partial charge in [0.1, 0.15) is 4.88 Å². The number of carbonyl (C=O) groups is 1. The zero-order valence-corrected chi connectivity index (χ0v) is 9.17. The quantitative estimate of drug-likeness (QED) is 0.748. The summed E-state index contributed by atoms with van der Waals surface area (Å²) in [5.74, 6) is -0.0544. The van der Waals surface area contributed by atoms with Gasteiger partial charge in [-0.2, -0.15) is 0 Å². The summed E-state index contributed by atoms with van der Waals surface area (Å²) in [6, 6.07) is 1.73. The van der Waals surface area contributed by atoms with Crippen LogP contribution in [0.4, 0.5) is 5.69 Å². The van der Waals surface area contributed by atoms with Crippen LogP contribution in [0.1, 0.15) is 22.5 Å². The number of β-amino-alcohol motifs (C(OH)–C–C–N with tert-alkyl or cyclic N) is 1. The van der Waals surface area contributed by atoms with E-state index in [2.05, 4.69) is 0 Å². The van der Waals surface area contributed by atoms with Gasteiger partial charge in [-0.1, -0.05) is 0 Å².